The largest absolute Gasteiger partial charge is 0.493 e. The Kier molecular flexibility index (Phi) is 10.4. The van der Waals surface area contributed by atoms with Crippen molar-refractivity contribution in [1.82, 2.24) is 4.90 Å². The number of amides is 1. The minimum atomic E-state index is -3.97. The second-order valence-electron chi connectivity index (χ2n) is 8.14. The molecule has 36 heavy (non-hydrogen) atoms. The Labute approximate surface area is 226 Å². The van der Waals surface area contributed by atoms with Gasteiger partial charge in [-0.2, -0.15) is 8.42 Å². The van der Waals surface area contributed by atoms with Crippen LogP contribution in [0.5, 0.6) is 11.5 Å². The maximum Gasteiger partial charge on any atom is 0.284 e. The summed E-state index contributed by atoms with van der Waals surface area (Å²) >= 11 is 4.34. The van der Waals surface area contributed by atoms with Crippen molar-refractivity contribution in [3.05, 3.63) is 57.4 Å². The Balaban J connectivity index is 1.81. The van der Waals surface area contributed by atoms with Crippen LogP contribution in [-0.4, -0.2) is 44.7 Å². The summed E-state index contributed by atoms with van der Waals surface area (Å²) in [6.07, 6.45) is 7.41. The number of halogens is 1. The fourth-order valence-corrected chi connectivity index (χ4v) is 6.06. The van der Waals surface area contributed by atoms with Gasteiger partial charge in [-0.3, -0.25) is 9.69 Å². The van der Waals surface area contributed by atoms with Gasteiger partial charge in [-0.25, -0.2) is 0 Å². The van der Waals surface area contributed by atoms with Gasteiger partial charge in [0.2, 0.25) is 0 Å². The van der Waals surface area contributed by atoms with E-state index in [1.165, 1.54) is 36.3 Å². The van der Waals surface area contributed by atoms with Crippen molar-refractivity contribution in [2.24, 2.45) is 4.40 Å². The average molecular weight is 596 g/mol. The summed E-state index contributed by atoms with van der Waals surface area (Å²) in [4.78, 5) is 14.8. The Morgan fingerprint density at radius 3 is 2.42 bits per heavy atom. The molecular weight excluding hydrogens is 564 g/mol. The molecule has 194 valence electrons. The third kappa shape index (κ3) is 7.36. The number of unbranched alkanes of at least 4 members (excludes halogenated alkanes) is 4. The summed E-state index contributed by atoms with van der Waals surface area (Å²) in [6, 6.07) is 11.7. The first-order valence-electron chi connectivity index (χ1n) is 11.9. The van der Waals surface area contributed by atoms with Gasteiger partial charge in [0.05, 0.1) is 23.5 Å². The highest BCUT2D eigenvalue weighted by Crippen LogP contribution is 2.35. The number of nitrogens with zero attached hydrogens (tertiary/aromatic N) is 2. The van der Waals surface area contributed by atoms with Crippen LogP contribution in [0, 0.1) is 0 Å². The number of likely N-dealkylation sites (N-methyl/N-ethyl adjacent to an activating group) is 1. The van der Waals surface area contributed by atoms with Crippen LogP contribution in [0.1, 0.15) is 51.5 Å². The molecule has 3 rings (SSSR count). The molecule has 1 heterocycles. The van der Waals surface area contributed by atoms with E-state index >= 15 is 0 Å². The van der Waals surface area contributed by atoms with E-state index in [4.69, 9.17) is 9.47 Å². The van der Waals surface area contributed by atoms with Crippen molar-refractivity contribution >= 4 is 54.9 Å². The number of amidine groups is 1. The number of rotatable bonds is 12. The summed E-state index contributed by atoms with van der Waals surface area (Å²) in [7, 11) is -2.38. The lowest BCUT2D eigenvalue weighted by Crippen LogP contribution is -2.29. The van der Waals surface area contributed by atoms with Gasteiger partial charge in [-0.15, -0.1) is 4.40 Å². The van der Waals surface area contributed by atoms with Gasteiger partial charge in [0.15, 0.2) is 16.7 Å². The molecule has 0 saturated carbocycles. The normalized spacial score (nSPS) is 16.2. The van der Waals surface area contributed by atoms with E-state index in [9.17, 15) is 13.2 Å². The van der Waals surface area contributed by atoms with Gasteiger partial charge in [0.25, 0.3) is 15.9 Å². The number of carbonyl (C=O) groups is 1. The van der Waals surface area contributed by atoms with Crippen molar-refractivity contribution in [3.8, 4) is 11.5 Å². The Morgan fingerprint density at radius 2 is 1.75 bits per heavy atom. The quantitative estimate of drug-likeness (QED) is 0.206. The zero-order valence-corrected chi connectivity index (χ0v) is 23.9. The Hall–Kier alpha value is -2.30. The third-order valence-electron chi connectivity index (χ3n) is 5.50. The minimum absolute atomic E-state index is 0.0615. The predicted molar refractivity (Wildman–Crippen MR) is 149 cm³/mol. The standard InChI is InChI=1S/C26H31BrN2O5S2/c1-4-6-7-8-9-16-34-23-17-19(10-15-22(23)33-3)18-24-25(30)29(5-2)26(35-24)28-36(31,32)21-13-11-20(27)12-14-21/h10-15,17-18H,4-9,16H2,1-3H3/b24-18-,28-26+. The smallest absolute Gasteiger partial charge is 0.284 e. The van der Waals surface area contributed by atoms with E-state index in [0.29, 0.717) is 29.6 Å². The molecule has 0 atom stereocenters. The molecule has 0 bridgehead atoms. The van der Waals surface area contributed by atoms with Crippen LogP contribution in [-0.2, 0) is 14.8 Å². The van der Waals surface area contributed by atoms with Crippen LogP contribution < -0.4 is 9.47 Å². The van der Waals surface area contributed by atoms with Gasteiger partial charge < -0.3 is 9.47 Å². The van der Waals surface area contributed by atoms with E-state index in [1.54, 1.807) is 38.3 Å². The van der Waals surface area contributed by atoms with E-state index in [1.807, 2.05) is 12.1 Å². The van der Waals surface area contributed by atoms with Crippen LogP contribution in [0.25, 0.3) is 6.08 Å². The van der Waals surface area contributed by atoms with E-state index in [0.717, 1.165) is 34.6 Å². The molecule has 0 radical (unpaired) electrons. The maximum atomic E-state index is 13.0. The number of hydrogen-bond acceptors (Lipinski definition) is 6. The zero-order chi connectivity index (χ0) is 26.1. The van der Waals surface area contributed by atoms with Gasteiger partial charge >= 0.3 is 0 Å². The molecule has 1 aliphatic rings. The number of carbonyl (C=O) groups excluding carboxylic acids is 1. The highest BCUT2D eigenvalue weighted by Gasteiger charge is 2.34. The highest BCUT2D eigenvalue weighted by molar-refractivity contribution is 9.10. The summed E-state index contributed by atoms with van der Waals surface area (Å²) in [5, 5.41) is 0.133. The molecule has 0 unspecified atom stereocenters. The summed E-state index contributed by atoms with van der Waals surface area (Å²) in [5.74, 6) is 0.937. The number of ether oxygens (including phenoxy) is 2. The second-order valence-corrected chi connectivity index (χ2v) is 11.7. The molecular formula is C26H31BrN2O5S2. The maximum absolute atomic E-state index is 13.0. The molecule has 2 aromatic rings. The third-order valence-corrected chi connectivity index (χ3v) is 8.44. The van der Waals surface area contributed by atoms with E-state index in [-0.39, 0.29) is 16.0 Å². The van der Waals surface area contributed by atoms with E-state index < -0.39 is 10.0 Å². The lowest BCUT2D eigenvalue weighted by molar-refractivity contribution is -0.122. The monoisotopic (exact) mass is 594 g/mol. The van der Waals surface area contributed by atoms with Crippen LogP contribution >= 0.6 is 27.7 Å². The number of thioether (sulfide) groups is 1. The van der Waals surface area contributed by atoms with Crippen molar-refractivity contribution in [2.75, 3.05) is 20.3 Å². The number of benzene rings is 2. The second kappa shape index (κ2) is 13.3. The summed E-state index contributed by atoms with van der Waals surface area (Å²) in [6.45, 7) is 4.85. The van der Waals surface area contributed by atoms with Crippen LogP contribution in [0.15, 0.2) is 61.1 Å². The minimum Gasteiger partial charge on any atom is -0.493 e. The molecule has 1 aliphatic heterocycles. The number of sulfonamides is 1. The topological polar surface area (TPSA) is 85.3 Å². The average Bonchev–Trinajstić information content (AvgIpc) is 3.14. The molecule has 0 N–H and O–H groups in total. The van der Waals surface area contributed by atoms with Gasteiger partial charge in [-0.05, 0) is 73.1 Å². The molecule has 1 fully saturated rings. The van der Waals surface area contributed by atoms with Gasteiger partial charge in [0.1, 0.15) is 0 Å². The SMILES string of the molecule is CCCCCCCOc1cc(/C=C2\S/C(=N/S(=O)(=O)c3ccc(Br)cc3)N(CC)C2=O)ccc1OC. The first kappa shape index (κ1) is 28.3. The first-order valence-corrected chi connectivity index (χ1v) is 15.0. The van der Waals surface area contributed by atoms with E-state index in [2.05, 4.69) is 27.3 Å². The molecule has 0 spiro atoms. The predicted octanol–water partition coefficient (Wildman–Crippen LogP) is 6.49. The molecule has 1 amide bonds. The fourth-order valence-electron chi connectivity index (χ4n) is 3.55. The van der Waals surface area contributed by atoms with Gasteiger partial charge in [0, 0.05) is 11.0 Å². The first-order chi connectivity index (χ1) is 17.3. The molecule has 1 saturated heterocycles. The van der Waals surface area contributed by atoms with Crippen molar-refractivity contribution in [2.45, 2.75) is 50.8 Å². The fraction of sp³-hybridized carbons (Fsp3) is 0.385. The van der Waals surface area contributed by atoms with Crippen molar-refractivity contribution in [3.63, 3.8) is 0 Å². The molecule has 0 aliphatic carbocycles. The zero-order valence-electron chi connectivity index (χ0n) is 20.7. The van der Waals surface area contributed by atoms with Crippen LogP contribution in [0.4, 0.5) is 0 Å². The molecule has 2 aromatic carbocycles. The van der Waals surface area contributed by atoms with Crippen LogP contribution in [0.3, 0.4) is 0 Å². The Morgan fingerprint density at radius 1 is 1.03 bits per heavy atom. The van der Waals surface area contributed by atoms with Crippen LogP contribution in [0.2, 0.25) is 0 Å². The summed E-state index contributed by atoms with van der Waals surface area (Å²) < 4.78 is 41.8. The molecule has 7 nitrogen and oxygen atoms in total. The highest BCUT2D eigenvalue weighted by atomic mass is 79.9. The van der Waals surface area contributed by atoms with Crippen molar-refractivity contribution in [1.29, 1.82) is 0 Å². The molecule has 10 heteroatoms. The number of methoxy groups -OCH3 is 1. The lowest BCUT2D eigenvalue weighted by atomic mass is 10.1. The Bertz CT molecular complexity index is 1230. The number of hydrogen-bond donors (Lipinski definition) is 0. The van der Waals surface area contributed by atoms with Gasteiger partial charge in [-0.1, -0.05) is 54.6 Å². The van der Waals surface area contributed by atoms with Crippen molar-refractivity contribution < 1.29 is 22.7 Å². The summed E-state index contributed by atoms with van der Waals surface area (Å²) in [5.41, 5.74) is 0.751. The lowest BCUT2D eigenvalue weighted by Gasteiger charge is -2.12. The molecule has 0 aromatic heterocycles.